The van der Waals surface area contributed by atoms with E-state index in [0.29, 0.717) is 19.6 Å². The lowest BCUT2D eigenvalue weighted by Crippen LogP contribution is -2.38. The minimum Gasteiger partial charge on any atom is -0.377 e. The molecule has 1 N–H and O–H groups in total. The number of hydrogen-bond donors (Lipinski definition) is 1. The predicted octanol–water partition coefficient (Wildman–Crippen LogP) is 2.35. The van der Waals surface area contributed by atoms with Gasteiger partial charge in [0, 0.05) is 25.1 Å². The molecule has 0 bridgehead atoms. The first-order chi connectivity index (χ1) is 8.50. The smallest absolute Gasteiger partial charge is 0.377 e. The molecular weight excluding hydrogens is 265 g/mol. The van der Waals surface area contributed by atoms with Crippen LogP contribution in [0.4, 0.5) is 18.2 Å². The van der Waals surface area contributed by atoms with Gasteiger partial charge in [0.2, 0.25) is 0 Å². The molecule has 18 heavy (non-hydrogen) atoms. The normalized spacial score (nSPS) is 19.1. The lowest BCUT2D eigenvalue weighted by Gasteiger charge is -2.32. The quantitative estimate of drug-likeness (QED) is 0.923. The molecule has 1 aliphatic heterocycles. The Kier molecular flexibility index (Phi) is 4.06. The SMILES string of the molecule is CNc1snnc1CN1CCC(C(F)(F)F)CC1. The Labute approximate surface area is 107 Å². The number of halogens is 3. The summed E-state index contributed by atoms with van der Waals surface area (Å²) in [6.07, 6.45) is -3.70. The summed E-state index contributed by atoms with van der Waals surface area (Å²) >= 11 is 1.26. The van der Waals surface area contributed by atoms with Crippen molar-refractivity contribution in [2.45, 2.75) is 25.6 Å². The van der Waals surface area contributed by atoms with Crippen molar-refractivity contribution in [3.8, 4) is 0 Å². The third kappa shape index (κ3) is 3.11. The topological polar surface area (TPSA) is 41.1 Å². The fourth-order valence-corrected chi connectivity index (χ4v) is 2.66. The molecule has 0 atom stereocenters. The van der Waals surface area contributed by atoms with E-state index in [1.54, 1.807) is 7.05 Å². The standard InChI is InChI=1S/C10H15F3N4S/c1-14-9-8(15-16-18-9)6-17-4-2-7(3-5-17)10(11,12)13/h7,14H,2-6H2,1H3. The summed E-state index contributed by atoms with van der Waals surface area (Å²) in [6, 6.07) is 0. The van der Waals surface area contributed by atoms with Crippen LogP contribution in [0.25, 0.3) is 0 Å². The second-order valence-electron chi connectivity index (χ2n) is 4.39. The van der Waals surface area contributed by atoms with Gasteiger partial charge in [-0.3, -0.25) is 4.90 Å². The largest absolute Gasteiger partial charge is 0.391 e. The molecule has 0 spiro atoms. The van der Waals surface area contributed by atoms with Crippen LogP contribution >= 0.6 is 11.5 Å². The molecule has 1 aromatic rings. The van der Waals surface area contributed by atoms with Gasteiger partial charge < -0.3 is 5.32 Å². The van der Waals surface area contributed by atoms with Gasteiger partial charge in [-0.15, -0.1) is 5.10 Å². The number of alkyl halides is 3. The average molecular weight is 280 g/mol. The summed E-state index contributed by atoms with van der Waals surface area (Å²) in [6.45, 7) is 1.49. The van der Waals surface area contributed by atoms with Crippen LogP contribution < -0.4 is 5.32 Å². The summed E-state index contributed by atoms with van der Waals surface area (Å²) in [5, 5.41) is 7.86. The van der Waals surface area contributed by atoms with Crippen molar-refractivity contribution in [2.24, 2.45) is 5.92 Å². The van der Waals surface area contributed by atoms with E-state index in [-0.39, 0.29) is 12.8 Å². The number of anilines is 1. The molecule has 0 saturated carbocycles. The van der Waals surface area contributed by atoms with Crippen LogP contribution in [0.1, 0.15) is 18.5 Å². The van der Waals surface area contributed by atoms with Crippen LogP contribution in [0, 0.1) is 5.92 Å². The first kappa shape index (κ1) is 13.5. The Morgan fingerprint density at radius 3 is 2.61 bits per heavy atom. The molecule has 4 nitrogen and oxygen atoms in total. The number of nitrogens with zero attached hydrogens (tertiary/aromatic N) is 3. The van der Waals surface area contributed by atoms with Gasteiger partial charge >= 0.3 is 6.18 Å². The van der Waals surface area contributed by atoms with E-state index >= 15 is 0 Å². The Morgan fingerprint density at radius 1 is 1.39 bits per heavy atom. The monoisotopic (exact) mass is 280 g/mol. The number of piperidine rings is 1. The minimum atomic E-state index is -4.05. The van der Waals surface area contributed by atoms with Gasteiger partial charge in [-0.2, -0.15) is 13.2 Å². The Bertz CT molecular complexity index is 385. The van der Waals surface area contributed by atoms with Crippen molar-refractivity contribution in [2.75, 3.05) is 25.5 Å². The van der Waals surface area contributed by atoms with Crippen LogP contribution in [-0.2, 0) is 6.54 Å². The second kappa shape index (κ2) is 5.40. The fourth-order valence-electron chi connectivity index (χ4n) is 2.13. The highest BCUT2D eigenvalue weighted by atomic mass is 32.1. The highest BCUT2D eigenvalue weighted by Crippen LogP contribution is 2.34. The predicted molar refractivity (Wildman–Crippen MR) is 63.5 cm³/mol. The maximum Gasteiger partial charge on any atom is 0.391 e. The van der Waals surface area contributed by atoms with E-state index in [4.69, 9.17) is 0 Å². The number of nitrogens with one attached hydrogen (secondary N) is 1. The molecule has 1 aliphatic rings. The highest BCUT2D eigenvalue weighted by Gasteiger charge is 2.41. The average Bonchev–Trinajstić information content (AvgIpc) is 2.76. The second-order valence-corrected chi connectivity index (χ2v) is 5.14. The minimum absolute atomic E-state index is 0.177. The maximum atomic E-state index is 12.5. The van der Waals surface area contributed by atoms with Crippen molar-refractivity contribution in [3.63, 3.8) is 0 Å². The summed E-state index contributed by atoms with van der Waals surface area (Å²) in [7, 11) is 1.79. The number of aromatic nitrogens is 2. The molecule has 2 heterocycles. The Morgan fingerprint density at radius 2 is 2.06 bits per heavy atom. The maximum absolute atomic E-state index is 12.5. The van der Waals surface area contributed by atoms with Crippen molar-refractivity contribution in [1.82, 2.24) is 14.5 Å². The summed E-state index contributed by atoms with van der Waals surface area (Å²) in [5.74, 6) is -1.15. The molecule has 0 aliphatic carbocycles. The van der Waals surface area contributed by atoms with Crippen molar-refractivity contribution < 1.29 is 13.2 Å². The van der Waals surface area contributed by atoms with E-state index in [0.717, 1.165) is 10.7 Å². The lowest BCUT2D eigenvalue weighted by molar-refractivity contribution is -0.185. The third-order valence-electron chi connectivity index (χ3n) is 3.21. The number of likely N-dealkylation sites (tertiary alicyclic amines) is 1. The molecule has 1 saturated heterocycles. The van der Waals surface area contributed by atoms with E-state index in [1.165, 1.54) is 11.5 Å². The van der Waals surface area contributed by atoms with Gasteiger partial charge in [0.05, 0.1) is 5.92 Å². The van der Waals surface area contributed by atoms with E-state index < -0.39 is 12.1 Å². The summed E-state index contributed by atoms with van der Waals surface area (Å²) in [4.78, 5) is 2.00. The zero-order valence-electron chi connectivity index (χ0n) is 10.00. The molecule has 1 aromatic heterocycles. The first-order valence-electron chi connectivity index (χ1n) is 5.78. The van der Waals surface area contributed by atoms with E-state index in [2.05, 4.69) is 14.9 Å². The van der Waals surface area contributed by atoms with Gasteiger partial charge in [-0.25, -0.2) is 0 Å². The van der Waals surface area contributed by atoms with Gasteiger partial charge in [-0.05, 0) is 25.9 Å². The molecule has 1 fully saturated rings. The third-order valence-corrected chi connectivity index (χ3v) is 3.99. The van der Waals surface area contributed by atoms with Crippen LogP contribution in [0.15, 0.2) is 0 Å². The van der Waals surface area contributed by atoms with Crippen LogP contribution in [0.5, 0.6) is 0 Å². The van der Waals surface area contributed by atoms with Gasteiger partial charge in [0.25, 0.3) is 0 Å². The molecule has 102 valence electrons. The van der Waals surface area contributed by atoms with Crippen LogP contribution in [0.3, 0.4) is 0 Å². The van der Waals surface area contributed by atoms with Crippen LogP contribution in [0.2, 0.25) is 0 Å². The first-order valence-corrected chi connectivity index (χ1v) is 6.56. The molecule has 0 radical (unpaired) electrons. The highest BCUT2D eigenvalue weighted by molar-refractivity contribution is 7.10. The van der Waals surface area contributed by atoms with Gasteiger partial charge in [0.15, 0.2) is 0 Å². The Balaban J connectivity index is 1.87. The van der Waals surface area contributed by atoms with Crippen molar-refractivity contribution >= 4 is 16.5 Å². The van der Waals surface area contributed by atoms with Crippen molar-refractivity contribution in [3.05, 3.63) is 5.69 Å². The molecule has 0 aromatic carbocycles. The summed E-state index contributed by atoms with van der Waals surface area (Å²) in [5.41, 5.74) is 0.813. The van der Waals surface area contributed by atoms with Gasteiger partial charge in [0.1, 0.15) is 10.7 Å². The number of hydrogen-bond acceptors (Lipinski definition) is 5. The fraction of sp³-hybridized carbons (Fsp3) is 0.800. The molecule has 2 rings (SSSR count). The van der Waals surface area contributed by atoms with Gasteiger partial charge in [-0.1, -0.05) is 4.49 Å². The van der Waals surface area contributed by atoms with Crippen molar-refractivity contribution in [1.29, 1.82) is 0 Å². The number of rotatable bonds is 3. The molecule has 0 amide bonds. The zero-order valence-corrected chi connectivity index (χ0v) is 10.8. The zero-order chi connectivity index (χ0) is 13.2. The Hall–Kier alpha value is -0.890. The lowest BCUT2D eigenvalue weighted by atomic mass is 9.96. The molecular formula is C10H15F3N4S. The summed E-state index contributed by atoms with van der Waals surface area (Å²) < 4.78 is 41.4. The molecule has 8 heteroatoms. The van der Waals surface area contributed by atoms with E-state index in [1.807, 2.05) is 4.90 Å². The molecule has 0 unspecified atom stereocenters. The van der Waals surface area contributed by atoms with Crippen LogP contribution in [-0.4, -0.2) is 40.8 Å². The van der Waals surface area contributed by atoms with E-state index in [9.17, 15) is 13.2 Å².